The van der Waals surface area contributed by atoms with Crippen LogP contribution >= 0.6 is 0 Å². The van der Waals surface area contributed by atoms with Crippen LogP contribution in [0.25, 0.3) is 22.9 Å². The van der Waals surface area contributed by atoms with Gasteiger partial charge in [-0.3, -0.25) is 0 Å². The highest BCUT2D eigenvalue weighted by atomic mass is 16.6. The van der Waals surface area contributed by atoms with Crippen molar-refractivity contribution in [3.8, 4) is 46.6 Å². The van der Waals surface area contributed by atoms with Crippen LogP contribution in [-0.2, 0) is 0 Å². The van der Waals surface area contributed by atoms with E-state index in [-0.39, 0.29) is 12.2 Å². The fourth-order valence-electron chi connectivity index (χ4n) is 6.09. The summed E-state index contributed by atoms with van der Waals surface area (Å²) in [6, 6.07) is 15.2. The van der Waals surface area contributed by atoms with Crippen molar-refractivity contribution in [1.29, 1.82) is 0 Å². The molecule has 10 nitrogen and oxygen atoms in total. The van der Waals surface area contributed by atoms with Gasteiger partial charge < -0.3 is 27.8 Å². The first-order valence-corrected chi connectivity index (χ1v) is 20.6. The molecule has 0 aliphatic carbocycles. The number of nitrogens with zero attached hydrogens (tertiary/aromatic N) is 4. The van der Waals surface area contributed by atoms with E-state index in [9.17, 15) is 0 Å². The van der Waals surface area contributed by atoms with Crippen molar-refractivity contribution in [3.63, 3.8) is 0 Å². The number of aromatic nitrogens is 4. The van der Waals surface area contributed by atoms with Crippen LogP contribution < -0.4 is 18.9 Å². The molecule has 0 saturated heterocycles. The van der Waals surface area contributed by atoms with E-state index < -0.39 is 0 Å². The second-order valence-electron chi connectivity index (χ2n) is 13.9. The third-order valence-electron chi connectivity index (χ3n) is 9.29. The van der Waals surface area contributed by atoms with Crippen molar-refractivity contribution in [2.45, 2.75) is 149 Å². The number of rotatable bonds is 32. The lowest BCUT2D eigenvalue weighted by molar-refractivity contribution is 0.225. The number of unbranched alkanes of at least 4 members (excludes halogenated alkanes) is 18. The Kier molecular flexibility index (Phi) is 21.0. The van der Waals surface area contributed by atoms with Gasteiger partial charge in [0.2, 0.25) is 0 Å². The van der Waals surface area contributed by atoms with E-state index in [2.05, 4.69) is 34.2 Å². The molecule has 0 fully saturated rings. The van der Waals surface area contributed by atoms with E-state index >= 15 is 0 Å². The van der Waals surface area contributed by atoms with Gasteiger partial charge in [0.25, 0.3) is 11.8 Å². The van der Waals surface area contributed by atoms with Crippen molar-refractivity contribution in [2.75, 3.05) is 26.4 Å². The smallest absolute Gasteiger partial charge is 0.414 e. The standard InChI is InChI=1S/C43H64N4O6/c1-3-5-7-9-11-13-15-17-19-21-32-50-42-46-44-40(52-42)36-24-28-38(29-25-36)48-34-23-35-49-39-30-26-37(27-31-39)41-45-47-43(53-41)51-33-22-20-18-16-14-12-10-8-6-4-2/h24-31H,3-23,32-35H2,1-2H3. The molecular weight excluding hydrogens is 668 g/mol. The second kappa shape index (κ2) is 26.6. The van der Waals surface area contributed by atoms with Gasteiger partial charge in [-0.25, -0.2) is 0 Å². The highest BCUT2D eigenvalue weighted by Crippen LogP contribution is 2.25. The highest BCUT2D eigenvalue weighted by molar-refractivity contribution is 5.55. The summed E-state index contributed by atoms with van der Waals surface area (Å²) in [7, 11) is 0. The second-order valence-corrected chi connectivity index (χ2v) is 13.9. The molecule has 292 valence electrons. The Bertz CT molecular complexity index is 1350. The van der Waals surface area contributed by atoms with Crippen LogP contribution in [0.2, 0.25) is 0 Å². The van der Waals surface area contributed by atoms with E-state index in [1.54, 1.807) is 0 Å². The SMILES string of the molecule is CCCCCCCCCCCCOc1nnc(-c2ccc(OCCCOc3ccc(-c4nnc(OCCCCCCCCCCCC)o4)cc3)cc2)o1. The monoisotopic (exact) mass is 732 g/mol. The molecule has 0 aliphatic heterocycles. The summed E-state index contributed by atoms with van der Waals surface area (Å²) in [5.74, 6) is 2.39. The van der Waals surface area contributed by atoms with Crippen LogP contribution in [0.4, 0.5) is 0 Å². The van der Waals surface area contributed by atoms with Crippen molar-refractivity contribution < 1.29 is 27.8 Å². The lowest BCUT2D eigenvalue weighted by Crippen LogP contribution is -2.04. The molecular formula is C43H64N4O6. The summed E-state index contributed by atoms with van der Waals surface area (Å²) in [6.07, 6.45) is 26.9. The third-order valence-corrected chi connectivity index (χ3v) is 9.29. The van der Waals surface area contributed by atoms with Crippen LogP contribution in [0.5, 0.6) is 23.7 Å². The zero-order valence-corrected chi connectivity index (χ0v) is 32.5. The first kappa shape index (κ1) is 41.7. The predicted octanol–water partition coefficient (Wildman–Crippen LogP) is 12.2. The predicted molar refractivity (Wildman–Crippen MR) is 210 cm³/mol. The summed E-state index contributed by atoms with van der Waals surface area (Å²) >= 11 is 0. The molecule has 10 heteroatoms. The molecule has 53 heavy (non-hydrogen) atoms. The normalized spacial score (nSPS) is 11.2. The van der Waals surface area contributed by atoms with Crippen molar-refractivity contribution in [3.05, 3.63) is 48.5 Å². The first-order valence-electron chi connectivity index (χ1n) is 20.6. The van der Waals surface area contributed by atoms with Crippen LogP contribution in [0.3, 0.4) is 0 Å². The summed E-state index contributed by atoms with van der Waals surface area (Å²) in [6.45, 7) is 6.76. The van der Waals surface area contributed by atoms with Crippen LogP contribution in [0.1, 0.15) is 149 Å². The van der Waals surface area contributed by atoms with Crippen LogP contribution in [-0.4, -0.2) is 46.8 Å². The van der Waals surface area contributed by atoms with Gasteiger partial charge in [-0.15, -0.1) is 10.2 Å². The van der Waals surface area contributed by atoms with Crippen LogP contribution in [0, 0.1) is 0 Å². The van der Waals surface area contributed by atoms with Gasteiger partial charge in [-0.1, -0.05) is 140 Å². The van der Waals surface area contributed by atoms with Crippen LogP contribution in [0.15, 0.2) is 57.4 Å². The molecule has 2 aromatic carbocycles. The van der Waals surface area contributed by atoms with E-state index in [1.807, 2.05) is 48.5 Å². The molecule has 0 atom stereocenters. The molecule has 4 aromatic rings. The quantitative estimate of drug-likeness (QED) is 0.0449. The minimum absolute atomic E-state index is 0.217. The summed E-state index contributed by atoms with van der Waals surface area (Å²) in [4.78, 5) is 0. The third kappa shape index (κ3) is 17.5. The number of benzene rings is 2. The van der Waals surface area contributed by atoms with Gasteiger partial charge in [0, 0.05) is 17.5 Å². The number of hydrogen-bond donors (Lipinski definition) is 0. The average molecular weight is 733 g/mol. The molecule has 2 heterocycles. The van der Waals surface area contributed by atoms with Crippen molar-refractivity contribution in [2.24, 2.45) is 0 Å². The number of hydrogen-bond acceptors (Lipinski definition) is 10. The van der Waals surface area contributed by atoms with E-state index in [4.69, 9.17) is 27.8 Å². The van der Waals surface area contributed by atoms with E-state index in [1.165, 1.54) is 103 Å². The zero-order chi connectivity index (χ0) is 37.0. The average Bonchev–Trinajstić information content (AvgIpc) is 3.87. The molecule has 2 aromatic heterocycles. The molecule has 0 unspecified atom stereocenters. The largest absolute Gasteiger partial charge is 0.493 e. The summed E-state index contributed by atoms with van der Waals surface area (Å²) < 4.78 is 34.6. The molecule has 0 aliphatic rings. The zero-order valence-electron chi connectivity index (χ0n) is 32.5. The Morgan fingerprint density at radius 2 is 0.679 bits per heavy atom. The molecule has 4 rings (SSSR count). The maximum atomic E-state index is 5.90. The van der Waals surface area contributed by atoms with Gasteiger partial charge in [-0.2, -0.15) is 0 Å². The van der Waals surface area contributed by atoms with Gasteiger partial charge in [0.1, 0.15) is 11.5 Å². The maximum Gasteiger partial charge on any atom is 0.414 e. The summed E-state index contributed by atoms with van der Waals surface area (Å²) in [5.41, 5.74) is 1.64. The Hall–Kier alpha value is -4.08. The Morgan fingerprint density at radius 3 is 1.04 bits per heavy atom. The Balaban J connectivity index is 1.01. The molecule has 0 radical (unpaired) electrons. The Morgan fingerprint density at radius 1 is 0.358 bits per heavy atom. The summed E-state index contributed by atoms with van der Waals surface area (Å²) in [5, 5.41) is 16.4. The molecule has 0 bridgehead atoms. The first-order chi connectivity index (χ1) is 26.2. The van der Waals surface area contributed by atoms with Gasteiger partial charge >= 0.3 is 12.2 Å². The fourth-order valence-corrected chi connectivity index (χ4v) is 6.09. The molecule has 0 spiro atoms. The minimum atomic E-state index is 0.217. The van der Waals surface area contributed by atoms with E-state index in [0.29, 0.717) is 38.2 Å². The molecule has 0 amide bonds. The van der Waals surface area contributed by atoms with Crippen molar-refractivity contribution >= 4 is 0 Å². The van der Waals surface area contributed by atoms with E-state index in [0.717, 1.165) is 54.7 Å². The van der Waals surface area contributed by atoms with Gasteiger partial charge in [0.05, 0.1) is 26.4 Å². The molecule has 0 N–H and O–H groups in total. The minimum Gasteiger partial charge on any atom is -0.493 e. The van der Waals surface area contributed by atoms with Gasteiger partial charge in [-0.05, 0) is 61.4 Å². The van der Waals surface area contributed by atoms with Crippen molar-refractivity contribution in [1.82, 2.24) is 20.4 Å². The topological polar surface area (TPSA) is 115 Å². The lowest BCUT2D eigenvalue weighted by Gasteiger charge is -2.08. The maximum absolute atomic E-state index is 5.90. The fraction of sp³-hybridized carbons (Fsp3) is 0.628. The lowest BCUT2D eigenvalue weighted by atomic mass is 10.1. The van der Waals surface area contributed by atoms with Gasteiger partial charge in [0.15, 0.2) is 0 Å². The Labute approximate surface area is 317 Å². The molecule has 0 saturated carbocycles. The number of ether oxygens (including phenoxy) is 4. The highest BCUT2D eigenvalue weighted by Gasteiger charge is 2.11.